The van der Waals surface area contributed by atoms with Crippen LogP contribution in [0.4, 0.5) is 5.69 Å². The highest BCUT2D eigenvalue weighted by atomic mass is 16.4. The molecule has 1 fully saturated rings. The molecule has 4 rings (SSSR count). The summed E-state index contributed by atoms with van der Waals surface area (Å²) < 4.78 is 5.76. The van der Waals surface area contributed by atoms with Gasteiger partial charge < -0.3 is 9.52 Å². The van der Waals surface area contributed by atoms with Crippen LogP contribution in [0.2, 0.25) is 0 Å². The van der Waals surface area contributed by atoms with E-state index in [2.05, 4.69) is 5.43 Å². The van der Waals surface area contributed by atoms with Crippen molar-refractivity contribution in [2.75, 3.05) is 5.01 Å². The van der Waals surface area contributed by atoms with Crippen LogP contribution < -0.4 is 10.4 Å². The number of carbonyl (C=O) groups excluding carboxylic acids is 2. The number of hydrogen-bond acceptors (Lipinski definition) is 4. The number of nitrogens with zero attached hydrogens (tertiary/aromatic N) is 1. The van der Waals surface area contributed by atoms with E-state index >= 15 is 0 Å². The number of nitrogens with one attached hydrogen (secondary N) is 1. The number of carboxylic acid groups (broad SMARTS) is 1. The van der Waals surface area contributed by atoms with Crippen molar-refractivity contribution in [3.8, 4) is 11.3 Å². The molecular formula is C22H16N2O5. The van der Waals surface area contributed by atoms with Gasteiger partial charge >= 0.3 is 5.97 Å². The van der Waals surface area contributed by atoms with Crippen LogP contribution in [0.15, 0.2) is 70.7 Å². The number of aromatic carboxylic acids is 1. The highest BCUT2D eigenvalue weighted by molar-refractivity contribution is 6.31. The molecule has 0 radical (unpaired) electrons. The molecule has 1 saturated heterocycles. The second-order valence-corrected chi connectivity index (χ2v) is 6.46. The molecule has 1 aliphatic heterocycles. The van der Waals surface area contributed by atoms with Gasteiger partial charge in [-0.2, -0.15) is 0 Å². The Morgan fingerprint density at radius 3 is 2.52 bits per heavy atom. The zero-order valence-electron chi connectivity index (χ0n) is 15.4. The maximum Gasteiger partial charge on any atom is 0.335 e. The molecule has 2 N–H and O–H groups in total. The standard InChI is InChI=1S/C22H16N2O5/c1-13-16(8-5-9-17(13)22(27)28)19-11-10-15(29-19)12-18-20(25)23-24(21(18)26)14-6-3-2-4-7-14/h2-12H,1H3,(H,23,25)(H,27,28)/b18-12-. The molecule has 2 heterocycles. The fourth-order valence-electron chi connectivity index (χ4n) is 3.17. The SMILES string of the molecule is Cc1c(C(=O)O)cccc1-c1ccc(/C=C2/C(=O)NN(c3ccccc3)C2=O)o1. The molecule has 0 spiro atoms. The Kier molecular flexibility index (Phi) is 4.48. The molecule has 0 atom stereocenters. The number of furan rings is 1. The summed E-state index contributed by atoms with van der Waals surface area (Å²) in [6.07, 6.45) is 1.38. The van der Waals surface area contributed by atoms with Crippen molar-refractivity contribution in [2.45, 2.75) is 6.92 Å². The lowest BCUT2D eigenvalue weighted by Gasteiger charge is -2.13. The first-order valence-electron chi connectivity index (χ1n) is 8.81. The first-order chi connectivity index (χ1) is 14.0. The van der Waals surface area contributed by atoms with Crippen molar-refractivity contribution < 1.29 is 23.9 Å². The van der Waals surface area contributed by atoms with Gasteiger partial charge in [-0.15, -0.1) is 0 Å². The molecule has 7 heteroatoms. The van der Waals surface area contributed by atoms with Crippen LogP contribution in [0.5, 0.6) is 0 Å². The summed E-state index contributed by atoms with van der Waals surface area (Å²) in [6, 6.07) is 17.0. The van der Waals surface area contributed by atoms with Crippen LogP contribution in [0.25, 0.3) is 17.4 Å². The molecule has 2 aromatic carbocycles. The van der Waals surface area contributed by atoms with E-state index in [0.29, 0.717) is 28.3 Å². The van der Waals surface area contributed by atoms with Crippen LogP contribution in [0.1, 0.15) is 21.7 Å². The first kappa shape index (κ1) is 18.2. The van der Waals surface area contributed by atoms with Gasteiger partial charge in [0, 0.05) is 5.56 Å². The number of hydrazine groups is 1. The molecule has 3 aromatic rings. The van der Waals surface area contributed by atoms with Crippen LogP contribution in [0, 0.1) is 6.92 Å². The van der Waals surface area contributed by atoms with Crippen molar-refractivity contribution in [2.24, 2.45) is 0 Å². The minimum Gasteiger partial charge on any atom is -0.478 e. The van der Waals surface area contributed by atoms with Crippen molar-refractivity contribution in [1.29, 1.82) is 0 Å². The second kappa shape index (κ2) is 7.12. The molecule has 0 bridgehead atoms. The summed E-state index contributed by atoms with van der Waals surface area (Å²) in [6.45, 7) is 1.70. The molecular weight excluding hydrogens is 372 g/mol. The largest absolute Gasteiger partial charge is 0.478 e. The zero-order chi connectivity index (χ0) is 20.5. The third-order valence-corrected chi connectivity index (χ3v) is 4.65. The van der Waals surface area contributed by atoms with E-state index in [-0.39, 0.29) is 11.1 Å². The second-order valence-electron chi connectivity index (χ2n) is 6.46. The van der Waals surface area contributed by atoms with Crippen LogP contribution in [-0.4, -0.2) is 22.9 Å². The number of carbonyl (C=O) groups is 3. The Morgan fingerprint density at radius 1 is 1.03 bits per heavy atom. The summed E-state index contributed by atoms with van der Waals surface area (Å²) in [5.41, 5.74) is 4.41. The number of benzene rings is 2. The lowest BCUT2D eigenvalue weighted by molar-refractivity contribution is -0.117. The van der Waals surface area contributed by atoms with Gasteiger partial charge in [-0.25, -0.2) is 9.80 Å². The Balaban J connectivity index is 1.65. The lowest BCUT2D eigenvalue weighted by atomic mass is 10.0. The van der Waals surface area contributed by atoms with E-state index in [4.69, 9.17) is 4.42 Å². The average molecular weight is 388 g/mol. The third kappa shape index (κ3) is 3.29. The zero-order valence-corrected chi connectivity index (χ0v) is 15.4. The molecule has 0 saturated carbocycles. The number of anilines is 1. The number of carboxylic acids is 1. The van der Waals surface area contributed by atoms with Crippen LogP contribution in [-0.2, 0) is 9.59 Å². The van der Waals surface area contributed by atoms with Crippen LogP contribution >= 0.6 is 0 Å². The molecule has 0 unspecified atom stereocenters. The number of para-hydroxylation sites is 1. The fourth-order valence-corrected chi connectivity index (χ4v) is 3.17. The molecule has 1 aromatic heterocycles. The summed E-state index contributed by atoms with van der Waals surface area (Å²) in [4.78, 5) is 36.2. The van der Waals surface area contributed by atoms with Gasteiger partial charge in [-0.05, 0) is 48.9 Å². The Labute approximate surface area is 165 Å². The molecule has 7 nitrogen and oxygen atoms in total. The topological polar surface area (TPSA) is 99.8 Å². The summed E-state index contributed by atoms with van der Waals surface area (Å²) in [7, 11) is 0. The van der Waals surface area contributed by atoms with Crippen molar-refractivity contribution >= 4 is 29.5 Å². The van der Waals surface area contributed by atoms with Crippen molar-refractivity contribution in [1.82, 2.24) is 5.43 Å². The van der Waals surface area contributed by atoms with E-state index in [0.717, 1.165) is 0 Å². The normalized spacial score (nSPS) is 15.1. The van der Waals surface area contributed by atoms with Gasteiger partial charge in [0.15, 0.2) is 0 Å². The highest BCUT2D eigenvalue weighted by Gasteiger charge is 2.34. The van der Waals surface area contributed by atoms with Gasteiger partial charge in [-0.3, -0.25) is 15.0 Å². The quantitative estimate of drug-likeness (QED) is 0.527. The Bertz CT molecular complexity index is 1160. The maximum absolute atomic E-state index is 12.6. The molecule has 0 aliphatic carbocycles. The Morgan fingerprint density at radius 2 is 1.79 bits per heavy atom. The number of rotatable bonds is 4. The van der Waals surface area contributed by atoms with Crippen molar-refractivity contribution in [3.05, 3.63) is 83.1 Å². The average Bonchev–Trinajstić information content (AvgIpc) is 3.29. The van der Waals surface area contributed by atoms with E-state index in [1.807, 2.05) is 6.07 Å². The van der Waals surface area contributed by atoms with Gasteiger partial charge in [-0.1, -0.05) is 30.3 Å². The maximum atomic E-state index is 12.6. The first-order valence-corrected chi connectivity index (χ1v) is 8.81. The predicted octanol–water partition coefficient (Wildman–Crippen LogP) is 3.41. The highest BCUT2D eigenvalue weighted by Crippen LogP contribution is 2.29. The lowest BCUT2D eigenvalue weighted by Crippen LogP contribution is -2.35. The van der Waals surface area contributed by atoms with E-state index in [1.165, 1.54) is 17.2 Å². The van der Waals surface area contributed by atoms with E-state index in [9.17, 15) is 19.5 Å². The van der Waals surface area contributed by atoms with Gasteiger partial charge in [0.05, 0.1) is 11.3 Å². The smallest absolute Gasteiger partial charge is 0.335 e. The van der Waals surface area contributed by atoms with E-state index in [1.54, 1.807) is 55.5 Å². The minimum absolute atomic E-state index is 0.0502. The minimum atomic E-state index is -1.02. The summed E-state index contributed by atoms with van der Waals surface area (Å²) in [5.74, 6) is -1.27. The molecule has 2 amide bonds. The molecule has 1 aliphatic rings. The van der Waals surface area contributed by atoms with Gasteiger partial charge in [0.25, 0.3) is 11.8 Å². The third-order valence-electron chi connectivity index (χ3n) is 4.65. The van der Waals surface area contributed by atoms with Crippen LogP contribution in [0.3, 0.4) is 0 Å². The van der Waals surface area contributed by atoms with Gasteiger partial charge in [0.2, 0.25) is 0 Å². The number of hydrogen-bond donors (Lipinski definition) is 2. The van der Waals surface area contributed by atoms with Crippen molar-refractivity contribution in [3.63, 3.8) is 0 Å². The predicted molar refractivity (Wildman–Crippen MR) is 106 cm³/mol. The fraction of sp³-hybridized carbons (Fsp3) is 0.0455. The molecule has 144 valence electrons. The van der Waals surface area contributed by atoms with E-state index < -0.39 is 17.8 Å². The Hall–Kier alpha value is -4.13. The monoisotopic (exact) mass is 388 g/mol. The molecule has 29 heavy (non-hydrogen) atoms. The summed E-state index contributed by atoms with van der Waals surface area (Å²) in [5, 5.41) is 10.5. The van der Waals surface area contributed by atoms with Gasteiger partial charge in [0.1, 0.15) is 17.1 Å². The summed E-state index contributed by atoms with van der Waals surface area (Å²) >= 11 is 0. The number of amides is 2.